The fraction of sp³-hybridized carbons (Fsp3) is 0.368. The summed E-state index contributed by atoms with van der Waals surface area (Å²) < 4.78 is 15.1. The maximum absolute atomic E-state index is 12.0. The highest BCUT2D eigenvalue weighted by Gasteiger charge is 2.17. The van der Waals surface area contributed by atoms with Crippen molar-refractivity contribution in [2.45, 2.75) is 26.0 Å². The summed E-state index contributed by atoms with van der Waals surface area (Å²) >= 11 is 1.09. The molecule has 0 aliphatic heterocycles. The van der Waals surface area contributed by atoms with E-state index in [1.54, 1.807) is 44.2 Å². The molecule has 2 N–H and O–H groups in total. The number of nitrogens with one attached hydrogen (secondary N) is 2. The average molecular weight is 421 g/mol. The van der Waals surface area contributed by atoms with Crippen LogP contribution in [-0.2, 0) is 19.1 Å². The number of carbonyl (C=O) groups excluding carboxylic acids is 3. The lowest BCUT2D eigenvalue weighted by atomic mass is 10.3. The van der Waals surface area contributed by atoms with Crippen LogP contribution in [0.3, 0.4) is 0 Å². The van der Waals surface area contributed by atoms with Crippen LogP contribution in [0.2, 0.25) is 0 Å². The third-order valence-corrected chi connectivity index (χ3v) is 4.63. The van der Waals surface area contributed by atoms with Crippen LogP contribution in [0.15, 0.2) is 34.9 Å². The minimum Gasteiger partial charge on any atom is -0.494 e. The van der Waals surface area contributed by atoms with E-state index >= 15 is 0 Å². The smallest absolute Gasteiger partial charge is 0.316 e. The number of rotatable bonds is 10. The topological polar surface area (TPSA) is 120 Å². The molecule has 0 saturated carbocycles. The van der Waals surface area contributed by atoms with Crippen LogP contribution in [0.25, 0.3) is 0 Å². The summed E-state index contributed by atoms with van der Waals surface area (Å²) in [4.78, 5) is 35.7. The van der Waals surface area contributed by atoms with Crippen LogP contribution in [0.1, 0.15) is 19.6 Å². The van der Waals surface area contributed by atoms with Crippen molar-refractivity contribution in [3.05, 3.63) is 36.1 Å². The van der Waals surface area contributed by atoms with Crippen LogP contribution in [-0.4, -0.2) is 47.2 Å². The minimum atomic E-state index is -0.589. The highest BCUT2D eigenvalue weighted by Crippen LogP contribution is 2.16. The van der Waals surface area contributed by atoms with Crippen molar-refractivity contribution in [3.63, 3.8) is 0 Å². The van der Waals surface area contributed by atoms with Gasteiger partial charge in [-0.15, -0.1) is 11.8 Å². The second-order valence-corrected chi connectivity index (χ2v) is 7.26. The van der Waals surface area contributed by atoms with Gasteiger partial charge in [0.15, 0.2) is 12.4 Å². The number of hydrogen-bond acceptors (Lipinski definition) is 8. The van der Waals surface area contributed by atoms with E-state index in [-0.39, 0.29) is 11.7 Å². The van der Waals surface area contributed by atoms with E-state index in [9.17, 15) is 14.4 Å². The van der Waals surface area contributed by atoms with Gasteiger partial charge in [-0.1, -0.05) is 5.16 Å². The molecule has 0 aliphatic rings. The summed E-state index contributed by atoms with van der Waals surface area (Å²) in [7, 11) is 0. The average Bonchev–Trinajstić information content (AvgIpc) is 3.10. The number of esters is 1. The first kappa shape index (κ1) is 22.3. The van der Waals surface area contributed by atoms with E-state index in [0.29, 0.717) is 29.6 Å². The normalized spacial score (nSPS) is 11.4. The number of nitrogens with zero attached hydrogens (tertiary/aromatic N) is 1. The molecule has 1 aromatic heterocycles. The van der Waals surface area contributed by atoms with E-state index in [2.05, 4.69) is 15.8 Å². The Morgan fingerprint density at radius 1 is 1.21 bits per heavy atom. The Hall–Kier alpha value is -3.01. The standard InChI is InChI=1S/C19H23N3O6S/c1-4-26-15-7-5-14(6-8-15)20-17(23)10-27-18(24)11-29-13(3)19(25)21-16-9-12(2)28-22-16/h5-9,13H,4,10-11H2,1-3H3,(H,20,23)(H,21,22,25)/t13-/m1/s1. The molecule has 0 saturated heterocycles. The second kappa shape index (κ2) is 11.1. The molecule has 1 aromatic carbocycles. The summed E-state index contributed by atoms with van der Waals surface area (Å²) in [5, 5.41) is 8.36. The lowest BCUT2D eigenvalue weighted by Gasteiger charge is -2.10. The first-order valence-electron chi connectivity index (χ1n) is 8.91. The summed E-state index contributed by atoms with van der Waals surface area (Å²) in [6, 6.07) is 8.43. The quantitative estimate of drug-likeness (QED) is 0.562. The maximum atomic E-state index is 12.0. The number of amides is 2. The molecule has 0 radical (unpaired) electrons. The molecule has 2 aromatic rings. The van der Waals surface area contributed by atoms with Gasteiger partial charge in [-0.2, -0.15) is 0 Å². The molecule has 1 atom stereocenters. The molecule has 29 heavy (non-hydrogen) atoms. The molecular formula is C19H23N3O6S. The predicted octanol–water partition coefficient (Wildman–Crippen LogP) is 2.62. The number of anilines is 2. The van der Waals surface area contributed by atoms with Gasteiger partial charge in [-0.05, 0) is 45.0 Å². The number of carbonyl (C=O) groups is 3. The number of aromatic nitrogens is 1. The third kappa shape index (κ3) is 7.86. The van der Waals surface area contributed by atoms with Crippen LogP contribution >= 0.6 is 11.8 Å². The molecule has 10 heteroatoms. The molecule has 156 valence electrons. The van der Waals surface area contributed by atoms with Gasteiger partial charge < -0.3 is 24.6 Å². The zero-order chi connectivity index (χ0) is 21.2. The molecular weight excluding hydrogens is 398 g/mol. The fourth-order valence-electron chi connectivity index (χ4n) is 2.11. The third-order valence-electron chi connectivity index (χ3n) is 3.51. The Morgan fingerprint density at radius 2 is 1.93 bits per heavy atom. The van der Waals surface area contributed by atoms with Gasteiger partial charge in [0.2, 0.25) is 5.91 Å². The molecule has 1 heterocycles. The van der Waals surface area contributed by atoms with Crippen molar-refractivity contribution >= 4 is 41.1 Å². The number of ether oxygens (including phenoxy) is 2. The summed E-state index contributed by atoms with van der Waals surface area (Å²) in [6.07, 6.45) is 0. The van der Waals surface area contributed by atoms with Gasteiger partial charge in [0.05, 0.1) is 17.6 Å². The SMILES string of the molecule is CCOc1ccc(NC(=O)COC(=O)CS[C@H](C)C(=O)Nc2cc(C)on2)cc1. The van der Waals surface area contributed by atoms with Crippen molar-refractivity contribution < 1.29 is 28.4 Å². The molecule has 0 spiro atoms. The van der Waals surface area contributed by atoms with Crippen molar-refractivity contribution in [3.8, 4) is 5.75 Å². The Bertz CT molecular complexity index is 837. The van der Waals surface area contributed by atoms with Gasteiger partial charge in [-0.3, -0.25) is 14.4 Å². The minimum absolute atomic E-state index is 0.0667. The molecule has 0 unspecified atom stereocenters. The van der Waals surface area contributed by atoms with E-state index in [4.69, 9.17) is 14.0 Å². The number of benzene rings is 1. The fourth-order valence-corrected chi connectivity index (χ4v) is 2.79. The van der Waals surface area contributed by atoms with Gasteiger partial charge in [-0.25, -0.2) is 0 Å². The van der Waals surface area contributed by atoms with E-state index in [1.807, 2.05) is 6.92 Å². The number of hydrogen-bond donors (Lipinski definition) is 2. The van der Waals surface area contributed by atoms with Gasteiger partial charge in [0.1, 0.15) is 11.5 Å². The van der Waals surface area contributed by atoms with Crippen molar-refractivity contribution in [1.82, 2.24) is 5.16 Å². The largest absolute Gasteiger partial charge is 0.494 e. The summed E-state index contributed by atoms with van der Waals surface area (Å²) in [5.41, 5.74) is 0.567. The zero-order valence-corrected chi connectivity index (χ0v) is 17.2. The van der Waals surface area contributed by atoms with Crippen molar-refractivity contribution in [2.75, 3.05) is 29.6 Å². The molecule has 2 amide bonds. The van der Waals surface area contributed by atoms with E-state index in [0.717, 1.165) is 11.8 Å². The zero-order valence-electron chi connectivity index (χ0n) is 16.4. The van der Waals surface area contributed by atoms with Crippen LogP contribution < -0.4 is 15.4 Å². The van der Waals surface area contributed by atoms with Crippen LogP contribution in [0.5, 0.6) is 5.75 Å². The molecule has 0 fully saturated rings. The number of aryl methyl sites for hydroxylation is 1. The van der Waals surface area contributed by atoms with E-state index in [1.165, 1.54) is 0 Å². The molecule has 0 aliphatic carbocycles. The van der Waals surface area contributed by atoms with Gasteiger partial charge in [0.25, 0.3) is 5.91 Å². The Kier molecular flexibility index (Phi) is 8.53. The summed E-state index contributed by atoms with van der Waals surface area (Å²) in [6.45, 7) is 5.39. The Morgan fingerprint density at radius 3 is 2.55 bits per heavy atom. The van der Waals surface area contributed by atoms with Crippen LogP contribution in [0, 0.1) is 6.92 Å². The maximum Gasteiger partial charge on any atom is 0.316 e. The highest BCUT2D eigenvalue weighted by atomic mass is 32.2. The second-order valence-electron chi connectivity index (χ2n) is 5.93. The molecule has 0 bridgehead atoms. The predicted molar refractivity (Wildman–Crippen MR) is 109 cm³/mol. The molecule has 9 nitrogen and oxygen atoms in total. The molecule has 2 rings (SSSR count). The number of thioether (sulfide) groups is 1. The van der Waals surface area contributed by atoms with Gasteiger partial charge in [0, 0.05) is 11.8 Å². The lowest BCUT2D eigenvalue weighted by molar-refractivity contribution is -0.144. The first-order valence-corrected chi connectivity index (χ1v) is 9.96. The van der Waals surface area contributed by atoms with E-state index < -0.39 is 23.7 Å². The first-order chi connectivity index (χ1) is 13.9. The monoisotopic (exact) mass is 421 g/mol. The summed E-state index contributed by atoms with van der Waals surface area (Å²) in [5.74, 6) is 0.160. The van der Waals surface area contributed by atoms with Gasteiger partial charge >= 0.3 is 5.97 Å². The van der Waals surface area contributed by atoms with Crippen molar-refractivity contribution in [2.24, 2.45) is 0 Å². The Balaban J connectivity index is 1.66. The lowest BCUT2D eigenvalue weighted by Crippen LogP contribution is -2.25. The van der Waals surface area contributed by atoms with Crippen molar-refractivity contribution in [1.29, 1.82) is 0 Å². The Labute approximate surface area is 172 Å². The highest BCUT2D eigenvalue weighted by molar-refractivity contribution is 8.01. The van der Waals surface area contributed by atoms with Crippen LogP contribution in [0.4, 0.5) is 11.5 Å².